The molecule has 1 aromatic rings. The van der Waals surface area contributed by atoms with Crippen molar-refractivity contribution in [3.8, 4) is 5.75 Å². The van der Waals surface area contributed by atoms with Gasteiger partial charge in [-0.3, -0.25) is 4.79 Å². The maximum absolute atomic E-state index is 12.3. The van der Waals surface area contributed by atoms with E-state index in [0.717, 1.165) is 24.3 Å². The molecule has 1 aromatic carbocycles. The fourth-order valence-electron chi connectivity index (χ4n) is 1.66. The number of hydrogen-bond donors (Lipinski definition) is 1. The Kier molecular flexibility index (Phi) is 6.83. The standard InChI is InChI=1S/C15H18F3NO7S/c1-14(2,3)25-13(21)12(24-11(20)8-19)9-4-6-10(7-5-9)26-27(22,23)15(16,17)18/h4-7,12H,8,19H2,1-3H3/t12-/m1/s1. The monoisotopic (exact) mass is 413 g/mol. The highest BCUT2D eigenvalue weighted by molar-refractivity contribution is 7.88. The van der Waals surface area contributed by atoms with Gasteiger partial charge in [0.1, 0.15) is 11.4 Å². The minimum atomic E-state index is -5.84. The third-order valence-electron chi connectivity index (χ3n) is 2.71. The Morgan fingerprint density at radius 3 is 2.04 bits per heavy atom. The number of carbonyl (C=O) groups excluding carboxylic acids is 2. The van der Waals surface area contributed by atoms with E-state index in [0.29, 0.717) is 0 Å². The average molecular weight is 413 g/mol. The van der Waals surface area contributed by atoms with Crippen LogP contribution in [0.25, 0.3) is 0 Å². The van der Waals surface area contributed by atoms with Gasteiger partial charge < -0.3 is 19.4 Å². The zero-order valence-corrected chi connectivity index (χ0v) is 15.4. The number of ether oxygens (including phenoxy) is 2. The molecule has 0 aromatic heterocycles. The zero-order chi connectivity index (χ0) is 21.0. The summed E-state index contributed by atoms with van der Waals surface area (Å²) in [6.07, 6.45) is -1.55. The van der Waals surface area contributed by atoms with Crippen LogP contribution in [0.4, 0.5) is 13.2 Å². The van der Waals surface area contributed by atoms with Gasteiger partial charge in [0.05, 0.1) is 6.54 Å². The Morgan fingerprint density at radius 1 is 1.11 bits per heavy atom. The van der Waals surface area contributed by atoms with E-state index < -0.39 is 51.6 Å². The van der Waals surface area contributed by atoms with Gasteiger partial charge in [-0.25, -0.2) is 4.79 Å². The van der Waals surface area contributed by atoms with Crippen LogP contribution >= 0.6 is 0 Å². The van der Waals surface area contributed by atoms with Crippen molar-refractivity contribution >= 4 is 22.1 Å². The lowest BCUT2D eigenvalue weighted by atomic mass is 10.1. The molecule has 1 atom stereocenters. The van der Waals surface area contributed by atoms with E-state index in [1.165, 1.54) is 0 Å². The minimum absolute atomic E-state index is 0.0165. The first-order valence-electron chi connectivity index (χ1n) is 7.39. The van der Waals surface area contributed by atoms with Crippen LogP contribution in [0, 0.1) is 0 Å². The van der Waals surface area contributed by atoms with Crippen LogP contribution in [0.2, 0.25) is 0 Å². The van der Waals surface area contributed by atoms with Crippen LogP contribution in [0.15, 0.2) is 24.3 Å². The molecule has 0 spiro atoms. The predicted octanol–water partition coefficient (Wildman–Crippen LogP) is 1.80. The molecule has 0 aliphatic rings. The molecule has 8 nitrogen and oxygen atoms in total. The molecule has 0 unspecified atom stereocenters. The Morgan fingerprint density at radius 2 is 1.63 bits per heavy atom. The van der Waals surface area contributed by atoms with Crippen molar-refractivity contribution in [2.45, 2.75) is 38.0 Å². The summed E-state index contributed by atoms with van der Waals surface area (Å²) in [6, 6.07) is 3.85. The van der Waals surface area contributed by atoms with Gasteiger partial charge in [-0.2, -0.15) is 21.6 Å². The lowest BCUT2D eigenvalue weighted by Gasteiger charge is -2.24. The number of hydrogen-bond acceptors (Lipinski definition) is 8. The van der Waals surface area contributed by atoms with Crippen molar-refractivity contribution in [2.75, 3.05) is 6.54 Å². The van der Waals surface area contributed by atoms with Gasteiger partial charge in [-0.05, 0) is 32.9 Å². The van der Waals surface area contributed by atoms with Crippen molar-refractivity contribution in [2.24, 2.45) is 5.73 Å². The number of rotatable bonds is 6. The van der Waals surface area contributed by atoms with Crippen molar-refractivity contribution < 1.29 is 44.8 Å². The molecule has 0 saturated carbocycles. The minimum Gasteiger partial charge on any atom is -0.457 e. The summed E-state index contributed by atoms with van der Waals surface area (Å²) < 4.78 is 72.9. The molecule has 0 bridgehead atoms. The molecule has 0 aliphatic carbocycles. The van der Waals surface area contributed by atoms with Gasteiger partial charge in [0.15, 0.2) is 0 Å². The molecule has 0 fully saturated rings. The zero-order valence-electron chi connectivity index (χ0n) is 14.6. The van der Waals surface area contributed by atoms with Crippen LogP contribution in [0.3, 0.4) is 0 Å². The Hall–Kier alpha value is -2.34. The van der Waals surface area contributed by atoms with E-state index in [-0.39, 0.29) is 5.56 Å². The van der Waals surface area contributed by atoms with Crippen LogP contribution in [0.5, 0.6) is 5.75 Å². The molecule has 12 heteroatoms. The summed E-state index contributed by atoms with van der Waals surface area (Å²) in [7, 11) is -5.84. The summed E-state index contributed by atoms with van der Waals surface area (Å²) in [5, 5.41) is 0. The van der Waals surface area contributed by atoms with Gasteiger partial charge in [0.25, 0.3) is 0 Å². The van der Waals surface area contributed by atoms with Gasteiger partial charge in [-0.1, -0.05) is 12.1 Å². The van der Waals surface area contributed by atoms with E-state index in [4.69, 9.17) is 15.2 Å². The highest BCUT2D eigenvalue weighted by atomic mass is 32.2. The molecular weight excluding hydrogens is 395 g/mol. The second kappa shape index (κ2) is 8.13. The van der Waals surface area contributed by atoms with E-state index in [1.807, 2.05) is 0 Å². The number of benzene rings is 1. The lowest BCUT2D eigenvalue weighted by molar-refractivity contribution is -0.175. The summed E-state index contributed by atoms with van der Waals surface area (Å²) in [5.41, 5.74) is -1.35. The largest absolute Gasteiger partial charge is 0.534 e. The van der Waals surface area contributed by atoms with Gasteiger partial charge in [0, 0.05) is 5.56 Å². The quantitative estimate of drug-likeness (QED) is 0.426. The van der Waals surface area contributed by atoms with Crippen molar-refractivity contribution in [3.05, 3.63) is 29.8 Å². The molecule has 0 aliphatic heterocycles. The smallest absolute Gasteiger partial charge is 0.457 e. The molecule has 0 heterocycles. The topological polar surface area (TPSA) is 122 Å². The number of halogens is 3. The maximum atomic E-state index is 12.3. The molecule has 0 amide bonds. The Balaban J connectivity index is 3.10. The number of carbonyl (C=O) groups is 2. The molecule has 0 saturated heterocycles. The van der Waals surface area contributed by atoms with Crippen LogP contribution in [-0.4, -0.2) is 38.0 Å². The maximum Gasteiger partial charge on any atom is 0.534 e. The Bertz CT molecular complexity index is 783. The summed E-state index contributed by atoms with van der Waals surface area (Å²) in [4.78, 5) is 23.7. The first-order chi connectivity index (χ1) is 12.2. The molecule has 1 rings (SSSR count). The third-order valence-corrected chi connectivity index (χ3v) is 3.69. The number of alkyl halides is 3. The van der Waals surface area contributed by atoms with Gasteiger partial charge in [-0.15, -0.1) is 0 Å². The predicted molar refractivity (Wildman–Crippen MR) is 85.8 cm³/mol. The normalized spacial score (nSPS) is 13.6. The lowest BCUT2D eigenvalue weighted by Crippen LogP contribution is -2.31. The third kappa shape index (κ3) is 6.71. The van der Waals surface area contributed by atoms with Gasteiger partial charge >= 0.3 is 27.6 Å². The Labute approximate surface area is 153 Å². The number of nitrogens with two attached hydrogens (primary N) is 1. The fourth-order valence-corrected chi connectivity index (χ4v) is 2.12. The number of esters is 2. The van der Waals surface area contributed by atoms with Crippen molar-refractivity contribution in [1.29, 1.82) is 0 Å². The van der Waals surface area contributed by atoms with E-state index >= 15 is 0 Å². The highest BCUT2D eigenvalue weighted by Gasteiger charge is 2.48. The molecule has 152 valence electrons. The molecule has 27 heavy (non-hydrogen) atoms. The molecule has 2 N–H and O–H groups in total. The molecular formula is C15H18F3NO7S. The fraction of sp³-hybridized carbons (Fsp3) is 0.467. The average Bonchev–Trinajstić information content (AvgIpc) is 2.50. The summed E-state index contributed by atoms with van der Waals surface area (Å²) in [6.45, 7) is 4.20. The van der Waals surface area contributed by atoms with Gasteiger partial charge in [0.2, 0.25) is 6.10 Å². The second-order valence-electron chi connectivity index (χ2n) is 6.16. The first-order valence-corrected chi connectivity index (χ1v) is 8.80. The first kappa shape index (κ1) is 22.7. The van der Waals surface area contributed by atoms with Crippen LogP contribution in [0.1, 0.15) is 32.4 Å². The van der Waals surface area contributed by atoms with E-state index in [2.05, 4.69) is 4.18 Å². The molecule has 0 radical (unpaired) electrons. The SMILES string of the molecule is CC(C)(C)OC(=O)[C@H](OC(=O)CN)c1ccc(OS(=O)(=O)C(F)(F)F)cc1. The van der Waals surface area contributed by atoms with E-state index in [9.17, 15) is 31.2 Å². The summed E-state index contributed by atoms with van der Waals surface area (Å²) >= 11 is 0. The van der Waals surface area contributed by atoms with Crippen LogP contribution < -0.4 is 9.92 Å². The summed E-state index contributed by atoms with van der Waals surface area (Å²) in [5.74, 6) is -2.52. The van der Waals surface area contributed by atoms with Crippen molar-refractivity contribution in [1.82, 2.24) is 0 Å². The highest BCUT2D eigenvalue weighted by Crippen LogP contribution is 2.29. The van der Waals surface area contributed by atoms with E-state index in [1.54, 1.807) is 20.8 Å². The second-order valence-corrected chi connectivity index (χ2v) is 7.70. The van der Waals surface area contributed by atoms with Crippen molar-refractivity contribution in [3.63, 3.8) is 0 Å². The van der Waals surface area contributed by atoms with Crippen LogP contribution in [-0.2, 0) is 29.2 Å².